The molecule has 6 heteroatoms. The molecule has 2 aliphatic heterocycles. The van der Waals surface area contributed by atoms with Crippen molar-refractivity contribution in [2.75, 3.05) is 0 Å². The van der Waals surface area contributed by atoms with Crippen LogP contribution in [0.1, 0.15) is 51.4 Å². The summed E-state index contributed by atoms with van der Waals surface area (Å²) in [4.78, 5) is 22.3. The third-order valence-corrected chi connectivity index (χ3v) is 5.65. The maximum absolute atomic E-state index is 11.2. The molecule has 0 spiro atoms. The van der Waals surface area contributed by atoms with Crippen LogP contribution in [-0.2, 0) is 18.9 Å². The Morgan fingerprint density at radius 1 is 0.636 bits per heavy atom. The second-order valence-electron chi connectivity index (χ2n) is 7.06. The molecular formula is C16H22O6. The smallest absolute Gasteiger partial charge is 0.427 e. The van der Waals surface area contributed by atoms with Crippen LogP contribution in [0.15, 0.2) is 0 Å². The molecule has 0 bridgehead atoms. The molecule has 4 aliphatic rings. The van der Waals surface area contributed by atoms with Gasteiger partial charge in [-0.15, -0.1) is 0 Å². The van der Waals surface area contributed by atoms with Crippen molar-refractivity contribution in [1.29, 1.82) is 0 Å². The van der Waals surface area contributed by atoms with Crippen molar-refractivity contribution in [2.24, 2.45) is 11.8 Å². The highest BCUT2D eigenvalue weighted by Crippen LogP contribution is 2.39. The molecule has 22 heavy (non-hydrogen) atoms. The van der Waals surface area contributed by atoms with Crippen LogP contribution in [-0.4, -0.2) is 36.7 Å². The summed E-state index contributed by atoms with van der Waals surface area (Å²) in [7, 11) is 0. The molecule has 4 rings (SSSR count). The summed E-state index contributed by atoms with van der Waals surface area (Å²) in [5.74, 6) is 1.21. The molecular weight excluding hydrogens is 288 g/mol. The summed E-state index contributed by atoms with van der Waals surface area (Å²) in [5.41, 5.74) is 0. The molecule has 0 radical (unpaired) electrons. The topological polar surface area (TPSA) is 71.1 Å². The molecule has 2 aliphatic carbocycles. The highest BCUT2D eigenvalue weighted by Gasteiger charge is 2.43. The van der Waals surface area contributed by atoms with E-state index in [1.165, 1.54) is 0 Å². The van der Waals surface area contributed by atoms with Crippen molar-refractivity contribution >= 4 is 12.3 Å². The summed E-state index contributed by atoms with van der Waals surface area (Å²) >= 11 is 0. The summed E-state index contributed by atoms with van der Waals surface area (Å²) < 4.78 is 20.7. The van der Waals surface area contributed by atoms with Gasteiger partial charge in [-0.2, -0.15) is 0 Å². The van der Waals surface area contributed by atoms with Crippen molar-refractivity contribution in [3.05, 3.63) is 0 Å². The molecule has 0 aromatic rings. The lowest BCUT2D eigenvalue weighted by Crippen LogP contribution is -2.33. The minimum atomic E-state index is -0.503. The maximum atomic E-state index is 11.2. The SMILES string of the molecule is O=C1OC2CCC(CCC3CCC4OC(=O)OC4C3)CC2O1. The summed E-state index contributed by atoms with van der Waals surface area (Å²) in [6, 6.07) is 0. The van der Waals surface area contributed by atoms with Crippen molar-refractivity contribution in [1.82, 2.24) is 0 Å². The largest absolute Gasteiger partial charge is 0.509 e. The van der Waals surface area contributed by atoms with Gasteiger partial charge in [0.15, 0.2) is 0 Å². The minimum absolute atomic E-state index is 0.0192. The number of carbonyl (C=O) groups excluding carboxylic acids is 2. The van der Waals surface area contributed by atoms with Gasteiger partial charge in [-0.05, 0) is 50.4 Å². The van der Waals surface area contributed by atoms with Crippen molar-refractivity contribution in [3.8, 4) is 0 Å². The van der Waals surface area contributed by atoms with Crippen LogP contribution >= 0.6 is 0 Å². The van der Waals surface area contributed by atoms with E-state index in [9.17, 15) is 9.59 Å². The van der Waals surface area contributed by atoms with Gasteiger partial charge in [-0.3, -0.25) is 0 Å². The molecule has 6 atom stereocenters. The van der Waals surface area contributed by atoms with Crippen molar-refractivity contribution in [3.63, 3.8) is 0 Å². The van der Waals surface area contributed by atoms with Gasteiger partial charge < -0.3 is 18.9 Å². The lowest BCUT2D eigenvalue weighted by molar-refractivity contribution is 0.0623. The van der Waals surface area contributed by atoms with Gasteiger partial charge in [0, 0.05) is 0 Å². The first-order chi connectivity index (χ1) is 10.7. The second-order valence-corrected chi connectivity index (χ2v) is 7.06. The van der Waals surface area contributed by atoms with E-state index in [-0.39, 0.29) is 24.4 Å². The van der Waals surface area contributed by atoms with Crippen molar-refractivity contribution < 1.29 is 28.5 Å². The molecule has 0 aromatic heterocycles. The van der Waals surface area contributed by atoms with Crippen LogP contribution in [0, 0.1) is 11.8 Å². The number of fused-ring (bicyclic) bond motifs is 2. The van der Waals surface area contributed by atoms with Crippen molar-refractivity contribution in [2.45, 2.75) is 75.8 Å². The molecule has 0 N–H and O–H groups in total. The lowest BCUT2D eigenvalue weighted by atomic mass is 9.77. The standard InChI is InChI=1S/C16H22O6/c17-15-19-11-5-3-9(7-13(11)21-15)1-2-10-4-6-12-14(8-10)22-16(18)20-12/h9-14H,1-8H2. The quantitative estimate of drug-likeness (QED) is 0.746. The van der Waals surface area contributed by atoms with E-state index in [0.29, 0.717) is 11.8 Å². The molecule has 2 heterocycles. The highest BCUT2D eigenvalue weighted by atomic mass is 16.8. The van der Waals surface area contributed by atoms with E-state index in [1.54, 1.807) is 0 Å². The lowest BCUT2D eigenvalue weighted by Gasteiger charge is -2.31. The fourth-order valence-corrected chi connectivity index (χ4v) is 4.43. The molecule has 2 saturated heterocycles. The van der Waals surface area contributed by atoms with Crippen LogP contribution < -0.4 is 0 Å². The van der Waals surface area contributed by atoms with Crippen LogP contribution in [0.2, 0.25) is 0 Å². The molecule has 0 amide bonds. The Balaban J connectivity index is 1.24. The first-order valence-electron chi connectivity index (χ1n) is 8.42. The zero-order valence-corrected chi connectivity index (χ0v) is 12.6. The third-order valence-electron chi connectivity index (χ3n) is 5.65. The zero-order valence-electron chi connectivity index (χ0n) is 12.6. The molecule has 6 unspecified atom stereocenters. The van der Waals surface area contributed by atoms with E-state index in [2.05, 4.69) is 0 Å². The number of ether oxygens (including phenoxy) is 4. The third kappa shape index (κ3) is 2.75. The Hall–Kier alpha value is -1.46. The Bertz CT molecular complexity index is 422. The number of hydrogen-bond acceptors (Lipinski definition) is 6. The van der Waals surface area contributed by atoms with Gasteiger partial charge >= 0.3 is 12.3 Å². The minimum Gasteiger partial charge on any atom is -0.427 e. The summed E-state index contributed by atoms with van der Waals surface area (Å²) in [6.07, 6.45) is 7.08. The number of rotatable bonds is 3. The Kier molecular flexibility index (Phi) is 3.62. The average molecular weight is 310 g/mol. The Morgan fingerprint density at radius 3 is 1.50 bits per heavy atom. The Morgan fingerprint density at radius 2 is 1.05 bits per heavy atom. The molecule has 6 nitrogen and oxygen atoms in total. The van der Waals surface area contributed by atoms with Crippen LogP contribution in [0.4, 0.5) is 9.59 Å². The predicted octanol–water partition coefficient (Wildman–Crippen LogP) is 3.17. The highest BCUT2D eigenvalue weighted by molar-refractivity contribution is 5.63. The zero-order chi connectivity index (χ0) is 15.1. The van der Waals surface area contributed by atoms with E-state index < -0.39 is 12.3 Å². The predicted molar refractivity (Wildman–Crippen MR) is 74.2 cm³/mol. The maximum Gasteiger partial charge on any atom is 0.509 e. The monoisotopic (exact) mass is 310 g/mol. The van der Waals surface area contributed by atoms with E-state index in [0.717, 1.165) is 51.4 Å². The Labute approximate surface area is 129 Å². The molecule has 4 fully saturated rings. The fraction of sp³-hybridized carbons (Fsp3) is 0.875. The molecule has 122 valence electrons. The van der Waals surface area contributed by atoms with Crippen LogP contribution in [0.3, 0.4) is 0 Å². The number of hydrogen-bond donors (Lipinski definition) is 0. The van der Waals surface area contributed by atoms with Crippen LogP contribution in [0.25, 0.3) is 0 Å². The van der Waals surface area contributed by atoms with Gasteiger partial charge in [0.25, 0.3) is 0 Å². The average Bonchev–Trinajstić information content (AvgIpc) is 3.04. The van der Waals surface area contributed by atoms with E-state index in [4.69, 9.17) is 18.9 Å². The molecule has 0 aromatic carbocycles. The fourth-order valence-electron chi connectivity index (χ4n) is 4.43. The van der Waals surface area contributed by atoms with E-state index >= 15 is 0 Å². The van der Waals surface area contributed by atoms with Gasteiger partial charge in [0.1, 0.15) is 24.4 Å². The summed E-state index contributed by atoms with van der Waals surface area (Å²) in [5, 5.41) is 0. The van der Waals surface area contributed by atoms with Gasteiger partial charge in [-0.25, -0.2) is 9.59 Å². The van der Waals surface area contributed by atoms with Gasteiger partial charge in [0.05, 0.1) is 0 Å². The number of carbonyl (C=O) groups is 2. The first kappa shape index (κ1) is 14.2. The second kappa shape index (κ2) is 5.63. The van der Waals surface area contributed by atoms with E-state index in [1.807, 2.05) is 0 Å². The van der Waals surface area contributed by atoms with Gasteiger partial charge in [0.2, 0.25) is 0 Å². The van der Waals surface area contributed by atoms with Crippen LogP contribution in [0.5, 0.6) is 0 Å². The first-order valence-corrected chi connectivity index (χ1v) is 8.42. The molecule has 2 saturated carbocycles. The normalized spacial score (nSPS) is 43.5. The van der Waals surface area contributed by atoms with Gasteiger partial charge in [-0.1, -0.05) is 12.8 Å². The summed E-state index contributed by atoms with van der Waals surface area (Å²) in [6.45, 7) is 0.